The van der Waals surface area contributed by atoms with Crippen LogP contribution in [0.15, 0.2) is 90.6 Å². The number of allylic oxidation sites excluding steroid dienone is 1. The summed E-state index contributed by atoms with van der Waals surface area (Å²) in [5.41, 5.74) is 1.70. The molecule has 0 N–H and O–H groups in total. The van der Waals surface area contributed by atoms with Gasteiger partial charge in [0.05, 0.1) is 33.4 Å². The van der Waals surface area contributed by atoms with Gasteiger partial charge in [0.25, 0.3) is 11.2 Å². The lowest BCUT2D eigenvalue weighted by Gasteiger charge is -2.24. The fourth-order valence-corrected chi connectivity index (χ4v) is 5.53. The Balaban J connectivity index is 1.61. The Labute approximate surface area is 228 Å². The molecule has 3 heterocycles. The number of furan rings is 1. The molecule has 2 aromatic heterocycles. The second-order valence-electron chi connectivity index (χ2n) is 8.36. The number of nitro groups is 1. The number of esters is 1. The fourth-order valence-electron chi connectivity index (χ4n) is 4.24. The van der Waals surface area contributed by atoms with Gasteiger partial charge < -0.3 is 9.15 Å². The van der Waals surface area contributed by atoms with E-state index in [2.05, 4.69) is 20.9 Å². The highest BCUT2D eigenvalue weighted by Crippen LogP contribution is 2.31. The Kier molecular flexibility index (Phi) is 6.96. The van der Waals surface area contributed by atoms with Crippen molar-refractivity contribution in [3.63, 3.8) is 0 Å². The lowest BCUT2D eigenvalue weighted by molar-refractivity contribution is -0.384. The van der Waals surface area contributed by atoms with Crippen molar-refractivity contribution in [3.8, 4) is 11.3 Å². The number of nitrogens with zero attached hydrogens (tertiary/aromatic N) is 3. The largest absolute Gasteiger partial charge is 0.463 e. The third-order valence-corrected chi connectivity index (χ3v) is 7.46. The molecule has 0 saturated carbocycles. The number of ether oxygens (including phenoxy) is 1. The van der Waals surface area contributed by atoms with Crippen LogP contribution in [0.25, 0.3) is 17.4 Å². The molecule has 9 nitrogen and oxygen atoms in total. The molecule has 4 aromatic rings. The Morgan fingerprint density at radius 1 is 1.24 bits per heavy atom. The highest BCUT2D eigenvalue weighted by molar-refractivity contribution is 9.10. The zero-order valence-corrected chi connectivity index (χ0v) is 22.6. The van der Waals surface area contributed by atoms with Gasteiger partial charge in [-0.1, -0.05) is 51.5 Å². The SMILES string of the molecule is CCOC(=O)C1=C(C)N=c2s/c(=C\c3ccc(-c4cccc([N+](=O)[O-])c4)o3)c(=O)n2[C@@H]1c1ccc(Br)cc1. The van der Waals surface area contributed by atoms with Crippen LogP contribution < -0.4 is 14.9 Å². The number of nitro benzene ring substituents is 1. The van der Waals surface area contributed by atoms with Gasteiger partial charge in [-0.25, -0.2) is 9.79 Å². The van der Waals surface area contributed by atoms with E-state index in [1.807, 2.05) is 24.3 Å². The average molecular weight is 594 g/mol. The summed E-state index contributed by atoms with van der Waals surface area (Å²) >= 11 is 4.61. The van der Waals surface area contributed by atoms with Gasteiger partial charge in [0, 0.05) is 28.2 Å². The predicted molar refractivity (Wildman–Crippen MR) is 145 cm³/mol. The molecule has 11 heteroatoms. The molecule has 0 saturated heterocycles. The molecule has 1 aliphatic rings. The number of carbonyl (C=O) groups excluding carboxylic acids is 1. The van der Waals surface area contributed by atoms with Crippen molar-refractivity contribution in [1.29, 1.82) is 0 Å². The van der Waals surface area contributed by atoms with E-state index >= 15 is 0 Å². The average Bonchev–Trinajstić information content (AvgIpc) is 3.48. The number of rotatable bonds is 6. The molecule has 5 rings (SSSR count). The lowest BCUT2D eigenvalue weighted by atomic mass is 9.96. The molecule has 2 aromatic carbocycles. The minimum absolute atomic E-state index is 0.0468. The van der Waals surface area contributed by atoms with E-state index in [-0.39, 0.29) is 17.9 Å². The smallest absolute Gasteiger partial charge is 0.338 e. The van der Waals surface area contributed by atoms with Crippen molar-refractivity contribution >= 4 is 45.0 Å². The van der Waals surface area contributed by atoms with E-state index in [1.165, 1.54) is 28.0 Å². The number of benzene rings is 2. The highest BCUT2D eigenvalue weighted by Gasteiger charge is 2.33. The molecule has 192 valence electrons. The summed E-state index contributed by atoms with van der Waals surface area (Å²) in [6.07, 6.45) is 1.60. The first-order chi connectivity index (χ1) is 18.3. The summed E-state index contributed by atoms with van der Waals surface area (Å²) in [5, 5.41) is 11.1. The van der Waals surface area contributed by atoms with E-state index < -0.39 is 16.9 Å². The van der Waals surface area contributed by atoms with E-state index in [0.29, 0.717) is 37.7 Å². The zero-order chi connectivity index (χ0) is 27.0. The van der Waals surface area contributed by atoms with Crippen molar-refractivity contribution in [3.05, 3.63) is 118 Å². The Hall–Kier alpha value is -4.09. The summed E-state index contributed by atoms with van der Waals surface area (Å²) in [5.74, 6) is 0.308. The maximum atomic E-state index is 13.7. The summed E-state index contributed by atoms with van der Waals surface area (Å²) in [6.45, 7) is 3.65. The molecule has 1 atom stereocenters. The summed E-state index contributed by atoms with van der Waals surface area (Å²) < 4.78 is 13.9. The highest BCUT2D eigenvalue weighted by atomic mass is 79.9. The molecule has 0 spiro atoms. The molecule has 0 amide bonds. The third kappa shape index (κ3) is 4.77. The van der Waals surface area contributed by atoms with E-state index in [4.69, 9.17) is 9.15 Å². The third-order valence-electron chi connectivity index (χ3n) is 5.94. The monoisotopic (exact) mass is 593 g/mol. The Bertz CT molecular complexity index is 1780. The molecule has 1 aliphatic heterocycles. The van der Waals surface area contributed by atoms with Crippen molar-refractivity contribution < 1.29 is 18.9 Å². The van der Waals surface area contributed by atoms with E-state index in [1.54, 1.807) is 44.2 Å². The van der Waals surface area contributed by atoms with Gasteiger partial charge in [-0.2, -0.15) is 0 Å². The number of hydrogen-bond donors (Lipinski definition) is 0. The van der Waals surface area contributed by atoms with Crippen LogP contribution >= 0.6 is 27.3 Å². The molecular weight excluding hydrogens is 574 g/mol. The maximum Gasteiger partial charge on any atom is 0.338 e. The van der Waals surface area contributed by atoms with Gasteiger partial charge in [-0.15, -0.1) is 0 Å². The first kappa shape index (κ1) is 25.6. The first-order valence-corrected chi connectivity index (χ1v) is 13.2. The second kappa shape index (κ2) is 10.3. The molecule has 0 fully saturated rings. The van der Waals surface area contributed by atoms with Crippen LogP contribution in [0.3, 0.4) is 0 Å². The summed E-state index contributed by atoms with van der Waals surface area (Å²) in [4.78, 5) is 42.3. The van der Waals surface area contributed by atoms with Crippen molar-refractivity contribution in [2.75, 3.05) is 6.61 Å². The van der Waals surface area contributed by atoms with Gasteiger partial charge in [-0.3, -0.25) is 19.5 Å². The zero-order valence-electron chi connectivity index (χ0n) is 20.2. The van der Waals surface area contributed by atoms with Crippen LogP contribution in [-0.4, -0.2) is 22.1 Å². The minimum atomic E-state index is -0.711. The molecule has 0 radical (unpaired) electrons. The Morgan fingerprint density at radius 2 is 2.00 bits per heavy atom. The van der Waals surface area contributed by atoms with E-state index in [0.717, 1.165) is 10.0 Å². The van der Waals surface area contributed by atoms with Crippen LogP contribution in [0.5, 0.6) is 0 Å². The number of non-ortho nitro benzene ring substituents is 1. The van der Waals surface area contributed by atoms with Crippen molar-refractivity contribution in [2.45, 2.75) is 19.9 Å². The number of halogens is 1. The number of carbonyl (C=O) groups is 1. The molecule has 0 unspecified atom stereocenters. The van der Waals surface area contributed by atoms with Gasteiger partial charge in [0.1, 0.15) is 11.5 Å². The topological polar surface area (TPSA) is 117 Å². The molecule has 0 aliphatic carbocycles. The quantitative estimate of drug-likeness (QED) is 0.181. The predicted octanol–water partition coefficient (Wildman–Crippen LogP) is 4.73. The molecule has 38 heavy (non-hydrogen) atoms. The van der Waals surface area contributed by atoms with Gasteiger partial charge >= 0.3 is 5.97 Å². The summed E-state index contributed by atoms with van der Waals surface area (Å²) in [6, 6.07) is 16.2. The van der Waals surface area contributed by atoms with Gasteiger partial charge in [0.2, 0.25) is 0 Å². The van der Waals surface area contributed by atoms with Crippen LogP contribution in [-0.2, 0) is 9.53 Å². The van der Waals surface area contributed by atoms with Crippen LogP contribution in [0, 0.1) is 10.1 Å². The Morgan fingerprint density at radius 3 is 2.71 bits per heavy atom. The van der Waals surface area contributed by atoms with Gasteiger partial charge in [-0.05, 0) is 43.7 Å². The number of hydrogen-bond acceptors (Lipinski definition) is 8. The van der Waals surface area contributed by atoms with Crippen LogP contribution in [0.2, 0.25) is 0 Å². The number of thiazole rings is 1. The minimum Gasteiger partial charge on any atom is -0.463 e. The lowest BCUT2D eigenvalue weighted by Crippen LogP contribution is -2.39. The number of aromatic nitrogens is 1. The van der Waals surface area contributed by atoms with Crippen LogP contribution in [0.4, 0.5) is 5.69 Å². The van der Waals surface area contributed by atoms with Crippen molar-refractivity contribution in [1.82, 2.24) is 4.57 Å². The fraction of sp³-hybridized carbons (Fsp3) is 0.148. The normalized spacial score (nSPS) is 15.2. The van der Waals surface area contributed by atoms with Gasteiger partial charge in [0.15, 0.2) is 4.80 Å². The second-order valence-corrected chi connectivity index (χ2v) is 10.3. The summed E-state index contributed by atoms with van der Waals surface area (Å²) in [7, 11) is 0. The standard InChI is InChI=1S/C27H20BrN3O6S/c1-3-36-26(33)23-15(2)29-27-30(24(23)16-7-9-18(28)10-8-16)25(32)22(38-27)14-20-11-12-21(37-20)17-5-4-6-19(13-17)31(34)35/h4-14,24H,3H2,1-2H3/b22-14-/t24-/m1/s1. The molecule has 0 bridgehead atoms. The molecular formula is C27H20BrN3O6S. The van der Waals surface area contributed by atoms with Crippen molar-refractivity contribution in [2.24, 2.45) is 4.99 Å². The van der Waals surface area contributed by atoms with Crippen LogP contribution in [0.1, 0.15) is 31.2 Å². The number of fused-ring (bicyclic) bond motifs is 1. The van der Waals surface area contributed by atoms with E-state index in [9.17, 15) is 19.7 Å². The maximum absolute atomic E-state index is 13.7. The first-order valence-electron chi connectivity index (χ1n) is 11.6.